The molecule has 0 spiro atoms. The van der Waals surface area contributed by atoms with Crippen LogP contribution in [0.1, 0.15) is 43.9 Å². The van der Waals surface area contributed by atoms with Crippen molar-refractivity contribution in [1.82, 2.24) is 4.90 Å². The van der Waals surface area contributed by atoms with E-state index in [0.29, 0.717) is 12.0 Å². The van der Waals surface area contributed by atoms with Crippen molar-refractivity contribution in [3.63, 3.8) is 0 Å². The van der Waals surface area contributed by atoms with E-state index in [1.807, 2.05) is 6.92 Å². The van der Waals surface area contributed by atoms with E-state index in [9.17, 15) is 5.11 Å². The summed E-state index contributed by atoms with van der Waals surface area (Å²) in [6.45, 7) is 8.51. The van der Waals surface area contributed by atoms with E-state index in [-0.39, 0.29) is 6.10 Å². The monoisotopic (exact) mass is 247 g/mol. The zero-order valence-corrected chi connectivity index (χ0v) is 11.8. The smallest absolute Gasteiger partial charge is 0.0552 e. The minimum atomic E-state index is -0.183. The van der Waals surface area contributed by atoms with Crippen LogP contribution in [0.3, 0.4) is 0 Å². The first kappa shape index (κ1) is 13.6. The van der Waals surface area contributed by atoms with Gasteiger partial charge in [0, 0.05) is 12.6 Å². The predicted octanol–water partition coefficient (Wildman–Crippen LogP) is 3.15. The van der Waals surface area contributed by atoms with Gasteiger partial charge in [-0.2, -0.15) is 0 Å². The van der Waals surface area contributed by atoms with E-state index in [4.69, 9.17) is 0 Å². The van der Waals surface area contributed by atoms with Gasteiger partial charge in [-0.3, -0.25) is 4.90 Å². The molecule has 2 rings (SSSR count). The molecule has 0 aromatic heterocycles. The third-order valence-electron chi connectivity index (χ3n) is 4.24. The Morgan fingerprint density at radius 2 is 2.11 bits per heavy atom. The van der Waals surface area contributed by atoms with Gasteiger partial charge in [0.25, 0.3) is 0 Å². The number of likely N-dealkylation sites (tertiary alicyclic amines) is 1. The molecule has 0 saturated carbocycles. The van der Waals surface area contributed by atoms with Crippen LogP contribution in [0.25, 0.3) is 0 Å². The Bertz CT molecular complexity index is 388. The largest absolute Gasteiger partial charge is 0.393 e. The molecule has 3 unspecified atom stereocenters. The van der Waals surface area contributed by atoms with Crippen LogP contribution in [-0.2, 0) is 0 Å². The Balaban J connectivity index is 2.06. The second-order valence-corrected chi connectivity index (χ2v) is 5.73. The number of hydrogen-bond donors (Lipinski definition) is 1. The Hall–Kier alpha value is -0.860. The normalized spacial score (nSPS) is 24.8. The molecular weight excluding hydrogens is 222 g/mol. The highest BCUT2D eigenvalue weighted by molar-refractivity contribution is 5.24. The number of piperidine rings is 1. The molecule has 1 aromatic rings. The van der Waals surface area contributed by atoms with Crippen molar-refractivity contribution in [2.24, 2.45) is 5.92 Å². The molecule has 100 valence electrons. The highest BCUT2D eigenvalue weighted by atomic mass is 16.3. The maximum absolute atomic E-state index is 9.76. The zero-order chi connectivity index (χ0) is 13.1. The van der Waals surface area contributed by atoms with Crippen molar-refractivity contribution in [1.29, 1.82) is 0 Å². The molecule has 2 heteroatoms. The van der Waals surface area contributed by atoms with Crippen molar-refractivity contribution in [3.05, 3.63) is 35.4 Å². The second-order valence-electron chi connectivity index (χ2n) is 5.73. The summed E-state index contributed by atoms with van der Waals surface area (Å²) in [5.41, 5.74) is 2.71. The highest BCUT2D eigenvalue weighted by Crippen LogP contribution is 2.28. The Labute approximate surface area is 111 Å². The fourth-order valence-corrected chi connectivity index (χ4v) is 2.93. The molecule has 1 fully saturated rings. The zero-order valence-electron chi connectivity index (χ0n) is 11.8. The molecule has 1 aliphatic rings. The van der Waals surface area contributed by atoms with E-state index >= 15 is 0 Å². The first-order valence-electron chi connectivity index (χ1n) is 7.06. The summed E-state index contributed by atoms with van der Waals surface area (Å²) in [4.78, 5) is 2.51. The average Bonchev–Trinajstić information content (AvgIpc) is 2.38. The molecule has 1 saturated heterocycles. The predicted molar refractivity (Wildman–Crippen MR) is 75.6 cm³/mol. The van der Waals surface area contributed by atoms with Crippen LogP contribution in [0.15, 0.2) is 24.3 Å². The number of nitrogens with zero attached hydrogens (tertiary/aromatic N) is 1. The SMILES string of the molecule is Cc1cccc(C(C)N2CCCC(C(C)O)C2)c1. The molecule has 18 heavy (non-hydrogen) atoms. The fraction of sp³-hybridized carbons (Fsp3) is 0.625. The number of benzene rings is 1. The van der Waals surface area contributed by atoms with Crippen LogP contribution in [-0.4, -0.2) is 29.2 Å². The molecule has 0 radical (unpaired) electrons. The maximum atomic E-state index is 9.76. The van der Waals surface area contributed by atoms with Gasteiger partial charge in [-0.15, -0.1) is 0 Å². The van der Waals surface area contributed by atoms with Crippen molar-refractivity contribution in [2.75, 3.05) is 13.1 Å². The fourth-order valence-electron chi connectivity index (χ4n) is 2.93. The average molecular weight is 247 g/mol. The Kier molecular flexibility index (Phi) is 4.41. The standard InChI is InChI=1S/C16H25NO/c1-12-6-4-7-15(10-12)13(2)17-9-5-8-16(11-17)14(3)18/h4,6-7,10,13-14,16,18H,5,8-9,11H2,1-3H3. The van der Waals surface area contributed by atoms with Crippen LogP contribution < -0.4 is 0 Å². The van der Waals surface area contributed by atoms with Crippen LogP contribution in [0, 0.1) is 12.8 Å². The number of aliphatic hydroxyl groups is 1. The summed E-state index contributed by atoms with van der Waals surface area (Å²) in [7, 11) is 0. The summed E-state index contributed by atoms with van der Waals surface area (Å²) in [6.07, 6.45) is 2.18. The van der Waals surface area contributed by atoms with Crippen molar-refractivity contribution in [3.8, 4) is 0 Å². The first-order valence-corrected chi connectivity index (χ1v) is 7.06. The van der Waals surface area contributed by atoms with E-state index < -0.39 is 0 Å². The number of aliphatic hydroxyl groups excluding tert-OH is 1. The molecule has 2 nitrogen and oxygen atoms in total. The minimum absolute atomic E-state index is 0.183. The molecule has 3 atom stereocenters. The Morgan fingerprint density at radius 1 is 1.33 bits per heavy atom. The quantitative estimate of drug-likeness (QED) is 0.887. The molecule has 1 aliphatic heterocycles. The molecule has 1 aromatic carbocycles. The maximum Gasteiger partial charge on any atom is 0.0552 e. The minimum Gasteiger partial charge on any atom is -0.393 e. The van der Waals surface area contributed by atoms with E-state index in [1.54, 1.807) is 0 Å². The van der Waals surface area contributed by atoms with Gasteiger partial charge in [-0.1, -0.05) is 29.8 Å². The Morgan fingerprint density at radius 3 is 2.78 bits per heavy atom. The summed E-state index contributed by atoms with van der Waals surface area (Å²) < 4.78 is 0. The molecular formula is C16H25NO. The summed E-state index contributed by atoms with van der Waals surface area (Å²) in [6, 6.07) is 9.22. The first-order chi connectivity index (χ1) is 8.58. The highest BCUT2D eigenvalue weighted by Gasteiger charge is 2.26. The molecule has 1 heterocycles. The van der Waals surface area contributed by atoms with Gasteiger partial charge in [0.2, 0.25) is 0 Å². The third-order valence-corrected chi connectivity index (χ3v) is 4.24. The lowest BCUT2D eigenvalue weighted by molar-refractivity contribution is 0.0471. The summed E-state index contributed by atoms with van der Waals surface area (Å²) >= 11 is 0. The summed E-state index contributed by atoms with van der Waals surface area (Å²) in [5.74, 6) is 0.436. The van der Waals surface area contributed by atoms with Crippen LogP contribution in [0.4, 0.5) is 0 Å². The van der Waals surface area contributed by atoms with Gasteiger partial charge in [0.1, 0.15) is 0 Å². The lowest BCUT2D eigenvalue weighted by atomic mass is 9.91. The van der Waals surface area contributed by atoms with Gasteiger partial charge in [-0.05, 0) is 51.6 Å². The molecule has 0 bridgehead atoms. The number of aryl methyl sites for hydroxylation is 1. The third kappa shape index (κ3) is 3.12. The summed E-state index contributed by atoms with van der Waals surface area (Å²) in [5, 5.41) is 9.76. The van der Waals surface area contributed by atoms with E-state index in [1.165, 1.54) is 17.5 Å². The van der Waals surface area contributed by atoms with Crippen LogP contribution in [0.5, 0.6) is 0 Å². The lowest BCUT2D eigenvalue weighted by Crippen LogP contribution is -2.40. The van der Waals surface area contributed by atoms with Gasteiger partial charge in [-0.25, -0.2) is 0 Å². The molecule has 0 amide bonds. The topological polar surface area (TPSA) is 23.5 Å². The van der Waals surface area contributed by atoms with Gasteiger partial charge in [0.05, 0.1) is 6.10 Å². The van der Waals surface area contributed by atoms with Gasteiger partial charge < -0.3 is 5.11 Å². The van der Waals surface area contributed by atoms with Crippen molar-refractivity contribution < 1.29 is 5.11 Å². The van der Waals surface area contributed by atoms with Gasteiger partial charge in [0.15, 0.2) is 0 Å². The lowest BCUT2D eigenvalue weighted by Gasteiger charge is -2.38. The van der Waals surface area contributed by atoms with Crippen LogP contribution in [0.2, 0.25) is 0 Å². The van der Waals surface area contributed by atoms with Crippen molar-refractivity contribution >= 4 is 0 Å². The number of hydrogen-bond acceptors (Lipinski definition) is 2. The van der Waals surface area contributed by atoms with Crippen molar-refractivity contribution in [2.45, 2.75) is 45.8 Å². The number of rotatable bonds is 3. The second kappa shape index (κ2) is 5.85. The molecule has 0 aliphatic carbocycles. The van der Waals surface area contributed by atoms with E-state index in [0.717, 1.165) is 19.5 Å². The van der Waals surface area contributed by atoms with Gasteiger partial charge >= 0.3 is 0 Å². The van der Waals surface area contributed by atoms with Crippen LogP contribution >= 0.6 is 0 Å². The van der Waals surface area contributed by atoms with E-state index in [2.05, 4.69) is 43.0 Å². The molecule has 1 N–H and O–H groups in total.